The van der Waals surface area contributed by atoms with Gasteiger partial charge in [0.05, 0.1) is 22.0 Å². The van der Waals surface area contributed by atoms with E-state index in [1.165, 1.54) is 28.2 Å². The Balaban J connectivity index is 1.63. The van der Waals surface area contributed by atoms with Crippen LogP contribution in [0.1, 0.15) is 23.1 Å². The summed E-state index contributed by atoms with van der Waals surface area (Å²) in [6.07, 6.45) is 0. The third-order valence-corrected chi connectivity index (χ3v) is 6.89. The van der Waals surface area contributed by atoms with Gasteiger partial charge in [-0.25, -0.2) is 22.5 Å². The number of benzene rings is 2. The monoisotopic (exact) mass is 485 g/mol. The summed E-state index contributed by atoms with van der Waals surface area (Å²) in [5.41, 5.74) is 1.97. The lowest BCUT2D eigenvalue weighted by atomic mass is 10.2. The van der Waals surface area contributed by atoms with E-state index in [1.54, 1.807) is 44.2 Å². The van der Waals surface area contributed by atoms with E-state index in [0.717, 1.165) is 4.88 Å². The summed E-state index contributed by atoms with van der Waals surface area (Å²) in [6.45, 7) is 3.28. The average molecular weight is 486 g/mol. The molecule has 8 nitrogen and oxygen atoms in total. The minimum atomic E-state index is -3.41. The van der Waals surface area contributed by atoms with Gasteiger partial charge in [-0.2, -0.15) is 0 Å². The van der Waals surface area contributed by atoms with Crippen LogP contribution in [0.5, 0.6) is 0 Å². The van der Waals surface area contributed by atoms with Crippen molar-refractivity contribution < 1.29 is 17.6 Å². The van der Waals surface area contributed by atoms with Crippen LogP contribution in [0, 0.1) is 12.7 Å². The summed E-state index contributed by atoms with van der Waals surface area (Å²) >= 11 is 1.42. The van der Waals surface area contributed by atoms with Crippen LogP contribution in [0.25, 0.3) is 16.4 Å². The van der Waals surface area contributed by atoms with E-state index in [2.05, 4.69) is 20.1 Å². The van der Waals surface area contributed by atoms with Crippen LogP contribution in [-0.4, -0.2) is 34.8 Å². The first-order valence-electron chi connectivity index (χ1n) is 9.95. The van der Waals surface area contributed by atoms with Crippen LogP contribution in [0.3, 0.4) is 0 Å². The number of amides is 1. The molecule has 0 saturated carbocycles. The first-order valence-corrected chi connectivity index (χ1v) is 12.5. The average Bonchev–Trinajstić information content (AvgIpc) is 3.45. The lowest BCUT2D eigenvalue weighted by Gasteiger charge is -2.11. The molecule has 4 rings (SSSR count). The molecule has 4 aromatic rings. The van der Waals surface area contributed by atoms with Gasteiger partial charge in [-0.3, -0.25) is 9.52 Å². The Hall–Kier alpha value is -3.57. The summed E-state index contributed by atoms with van der Waals surface area (Å²) in [4.78, 5) is 18.1. The van der Waals surface area contributed by atoms with Gasteiger partial charge in [0.2, 0.25) is 15.8 Å². The minimum Gasteiger partial charge on any atom is -0.319 e. The van der Waals surface area contributed by atoms with Gasteiger partial charge in [-0.05, 0) is 67.3 Å². The van der Waals surface area contributed by atoms with Crippen molar-refractivity contribution in [2.75, 3.05) is 15.8 Å². The van der Waals surface area contributed by atoms with Crippen molar-refractivity contribution in [3.05, 3.63) is 77.2 Å². The Morgan fingerprint density at radius 3 is 2.64 bits per heavy atom. The maximum absolute atomic E-state index is 13.8. The molecule has 0 bridgehead atoms. The molecule has 11 heteroatoms. The summed E-state index contributed by atoms with van der Waals surface area (Å²) in [6, 6.07) is 14.4. The van der Waals surface area contributed by atoms with Crippen LogP contribution in [0.15, 0.2) is 60.0 Å². The first-order chi connectivity index (χ1) is 15.8. The van der Waals surface area contributed by atoms with Crippen LogP contribution < -0.4 is 10.0 Å². The van der Waals surface area contributed by atoms with E-state index in [4.69, 9.17) is 0 Å². The van der Waals surface area contributed by atoms with Crippen LogP contribution in [-0.2, 0) is 10.0 Å². The molecule has 2 aromatic carbocycles. The fraction of sp³-hybridized carbons (Fsp3) is 0.136. The number of aromatic nitrogens is 3. The van der Waals surface area contributed by atoms with Gasteiger partial charge in [0.25, 0.3) is 5.91 Å². The Labute approximate surface area is 194 Å². The smallest absolute Gasteiger partial charge is 0.295 e. The normalized spacial score (nSPS) is 11.4. The van der Waals surface area contributed by atoms with Gasteiger partial charge in [-0.1, -0.05) is 12.1 Å². The number of hydrogen-bond acceptors (Lipinski definition) is 6. The number of sulfonamides is 1. The van der Waals surface area contributed by atoms with Crippen LogP contribution >= 0.6 is 11.3 Å². The molecule has 170 valence electrons. The highest BCUT2D eigenvalue weighted by atomic mass is 32.2. The molecule has 2 heterocycles. The zero-order valence-corrected chi connectivity index (χ0v) is 19.4. The SMILES string of the molecule is CCS(=O)(=O)Nc1ccc(NC(=O)c2nc(-c3cccs3)n(-c3cccc(F)c3)n2)cc1C. The number of carbonyl (C=O) groups is 1. The molecule has 0 unspecified atom stereocenters. The number of carbonyl (C=O) groups excluding carboxylic acids is 1. The van der Waals surface area contributed by atoms with Crippen molar-refractivity contribution in [2.45, 2.75) is 13.8 Å². The maximum atomic E-state index is 13.8. The predicted molar refractivity (Wildman–Crippen MR) is 127 cm³/mol. The third kappa shape index (κ3) is 5.10. The summed E-state index contributed by atoms with van der Waals surface area (Å²) in [5.74, 6) is -0.695. The van der Waals surface area contributed by atoms with E-state index >= 15 is 0 Å². The van der Waals surface area contributed by atoms with E-state index in [-0.39, 0.29) is 11.6 Å². The van der Waals surface area contributed by atoms with Crippen molar-refractivity contribution >= 4 is 38.6 Å². The van der Waals surface area contributed by atoms with E-state index in [9.17, 15) is 17.6 Å². The molecular weight excluding hydrogens is 465 g/mol. The first kappa shape index (κ1) is 22.6. The van der Waals surface area contributed by atoms with Crippen molar-refractivity contribution in [2.24, 2.45) is 0 Å². The number of nitrogens with zero attached hydrogens (tertiary/aromatic N) is 3. The molecule has 33 heavy (non-hydrogen) atoms. The third-order valence-electron chi connectivity index (χ3n) is 4.73. The van der Waals surface area contributed by atoms with E-state index in [0.29, 0.717) is 28.5 Å². The molecule has 0 saturated heterocycles. The number of aryl methyl sites for hydroxylation is 1. The number of nitrogens with one attached hydrogen (secondary N) is 2. The standard InChI is InChI=1S/C22H20FN5O3S2/c1-3-33(30,31)27-18-10-9-16(12-14(18)2)24-22(29)20-25-21(19-8-5-11-32-19)28(26-20)17-7-4-6-15(23)13-17/h4-13,27H,3H2,1-2H3,(H,24,29). The molecular formula is C22H20FN5O3S2. The maximum Gasteiger partial charge on any atom is 0.295 e. The van der Waals surface area contributed by atoms with Gasteiger partial charge in [0.15, 0.2) is 5.82 Å². The van der Waals surface area contributed by atoms with Crippen molar-refractivity contribution in [3.8, 4) is 16.4 Å². The molecule has 0 spiro atoms. The fourth-order valence-electron chi connectivity index (χ4n) is 3.04. The van der Waals surface area contributed by atoms with Gasteiger partial charge >= 0.3 is 0 Å². The Morgan fingerprint density at radius 1 is 1.15 bits per heavy atom. The highest BCUT2D eigenvalue weighted by Crippen LogP contribution is 2.26. The lowest BCUT2D eigenvalue weighted by molar-refractivity contribution is 0.101. The molecule has 0 radical (unpaired) electrons. The minimum absolute atomic E-state index is 0.0445. The number of hydrogen-bond donors (Lipinski definition) is 2. The van der Waals surface area contributed by atoms with Gasteiger partial charge in [0.1, 0.15) is 5.82 Å². The van der Waals surface area contributed by atoms with Gasteiger partial charge < -0.3 is 5.32 Å². The zero-order valence-electron chi connectivity index (χ0n) is 17.7. The second-order valence-corrected chi connectivity index (χ2v) is 10.1. The lowest BCUT2D eigenvalue weighted by Crippen LogP contribution is -2.16. The van der Waals surface area contributed by atoms with Crippen molar-refractivity contribution in [1.29, 1.82) is 0 Å². The van der Waals surface area contributed by atoms with Crippen molar-refractivity contribution in [1.82, 2.24) is 14.8 Å². The molecule has 0 aliphatic heterocycles. The quantitative estimate of drug-likeness (QED) is 0.402. The van der Waals surface area contributed by atoms with E-state index < -0.39 is 21.7 Å². The second kappa shape index (κ2) is 9.12. The Kier molecular flexibility index (Phi) is 6.25. The fourth-order valence-corrected chi connectivity index (χ4v) is 4.45. The van der Waals surface area contributed by atoms with Gasteiger partial charge in [-0.15, -0.1) is 16.4 Å². The van der Waals surface area contributed by atoms with Crippen LogP contribution in [0.2, 0.25) is 0 Å². The molecule has 0 fully saturated rings. The number of halogens is 1. The molecule has 0 aliphatic rings. The summed E-state index contributed by atoms with van der Waals surface area (Å²) in [7, 11) is -3.41. The second-order valence-electron chi connectivity index (χ2n) is 7.12. The molecule has 2 aromatic heterocycles. The molecule has 2 N–H and O–H groups in total. The Bertz CT molecular complexity index is 1420. The predicted octanol–water partition coefficient (Wildman–Crippen LogP) is 4.46. The van der Waals surface area contributed by atoms with Gasteiger partial charge in [0, 0.05) is 5.69 Å². The highest BCUT2D eigenvalue weighted by molar-refractivity contribution is 7.92. The number of anilines is 2. The van der Waals surface area contributed by atoms with E-state index in [1.807, 2.05) is 17.5 Å². The summed E-state index contributed by atoms with van der Waals surface area (Å²) < 4.78 is 41.4. The molecule has 0 aliphatic carbocycles. The molecule has 1 amide bonds. The number of rotatable bonds is 7. The molecule has 0 atom stereocenters. The zero-order chi connectivity index (χ0) is 23.6. The summed E-state index contributed by atoms with van der Waals surface area (Å²) in [5, 5.41) is 8.91. The van der Waals surface area contributed by atoms with Crippen LogP contribution in [0.4, 0.5) is 15.8 Å². The largest absolute Gasteiger partial charge is 0.319 e. The highest BCUT2D eigenvalue weighted by Gasteiger charge is 2.20. The Morgan fingerprint density at radius 2 is 1.97 bits per heavy atom. The van der Waals surface area contributed by atoms with Crippen molar-refractivity contribution in [3.63, 3.8) is 0 Å². The number of thiophene rings is 1. The topological polar surface area (TPSA) is 106 Å².